The molecule has 0 saturated heterocycles. The molecule has 0 heterocycles. The fourth-order valence-corrected chi connectivity index (χ4v) is 3.31. The van der Waals surface area contributed by atoms with Crippen molar-refractivity contribution in [2.45, 2.75) is 45.2 Å². The van der Waals surface area contributed by atoms with Crippen LogP contribution in [0.2, 0.25) is 5.02 Å². The molecule has 0 aliphatic heterocycles. The maximum atomic E-state index is 5.95. The molecule has 1 N–H and O–H groups in total. The predicted molar refractivity (Wildman–Crippen MR) is 89.9 cm³/mol. The van der Waals surface area contributed by atoms with Crippen LogP contribution in [-0.2, 0) is 12.8 Å². The third kappa shape index (κ3) is 3.30. The molecule has 3 rings (SSSR count). The molecule has 0 saturated carbocycles. The molecule has 2 aromatic rings. The zero-order valence-electron chi connectivity index (χ0n) is 12.7. The Kier molecular flexibility index (Phi) is 4.32. The molecule has 0 radical (unpaired) electrons. The van der Waals surface area contributed by atoms with E-state index in [1.165, 1.54) is 36.0 Å². The first-order valence-corrected chi connectivity index (χ1v) is 8.14. The monoisotopic (exact) mass is 299 g/mol. The second-order valence-electron chi connectivity index (χ2n) is 6.04. The van der Waals surface area contributed by atoms with Crippen LogP contribution < -0.4 is 5.32 Å². The van der Waals surface area contributed by atoms with E-state index < -0.39 is 0 Å². The van der Waals surface area contributed by atoms with E-state index in [1.54, 1.807) is 5.56 Å². The molecule has 0 aromatic heterocycles. The highest BCUT2D eigenvalue weighted by atomic mass is 35.5. The molecule has 1 aliphatic carbocycles. The number of fused-ring (bicyclic) bond motifs is 1. The van der Waals surface area contributed by atoms with Crippen molar-refractivity contribution in [1.29, 1.82) is 0 Å². The highest BCUT2D eigenvalue weighted by molar-refractivity contribution is 6.30. The average Bonchev–Trinajstić information content (AvgIpc) is 2.95. The molecule has 110 valence electrons. The maximum Gasteiger partial charge on any atom is 0.0406 e. The normalized spacial score (nSPS) is 16.5. The molecule has 0 amide bonds. The summed E-state index contributed by atoms with van der Waals surface area (Å²) in [6.07, 6.45) is 3.79. The number of rotatable bonds is 4. The van der Waals surface area contributed by atoms with Crippen LogP contribution in [0.5, 0.6) is 0 Å². The van der Waals surface area contributed by atoms with Gasteiger partial charge in [0.25, 0.3) is 0 Å². The molecule has 2 atom stereocenters. The summed E-state index contributed by atoms with van der Waals surface area (Å²) in [5.74, 6) is 0. The summed E-state index contributed by atoms with van der Waals surface area (Å²) < 4.78 is 0. The highest BCUT2D eigenvalue weighted by Crippen LogP contribution is 2.27. The van der Waals surface area contributed by atoms with Crippen molar-refractivity contribution in [1.82, 2.24) is 5.32 Å². The van der Waals surface area contributed by atoms with Gasteiger partial charge in [0.15, 0.2) is 0 Å². The number of nitrogens with one attached hydrogen (secondary N) is 1. The lowest BCUT2D eigenvalue weighted by molar-refractivity contribution is 0.494. The Hall–Kier alpha value is -1.31. The van der Waals surface area contributed by atoms with E-state index >= 15 is 0 Å². The highest BCUT2D eigenvalue weighted by Gasteiger charge is 2.15. The van der Waals surface area contributed by atoms with Crippen LogP contribution in [0.1, 0.15) is 54.6 Å². The number of hydrogen-bond donors (Lipinski definition) is 1. The maximum absolute atomic E-state index is 5.95. The minimum atomic E-state index is 0.311. The van der Waals surface area contributed by atoms with Crippen molar-refractivity contribution < 1.29 is 0 Å². The van der Waals surface area contributed by atoms with Crippen LogP contribution in [0, 0.1) is 0 Å². The van der Waals surface area contributed by atoms with Crippen molar-refractivity contribution in [2.24, 2.45) is 0 Å². The lowest BCUT2D eigenvalue weighted by Crippen LogP contribution is -2.22. The molecule has 2 aromatic carbocycles. The molecule has 1 aliphatic rings. The molecular weight excluding hydrogens is 278 g/mol. The van der Waals surface area contributed by atoms with Gasteiger partial charge in [0.05, 0.1) is 0 Å². The zero-order valence-corrected chi connectivity index (χ0v) is 13.5. The SMILES string of the molecule is CC(N[C@H](C)c1ccc(Cl)cc1)c1ccc2c(c1)CCC2. The van der Waals surface area contributed by atoms with Crippen LogP contribution in [-0.4, -0.2) is 0 Å². The van der Waals surface area contributed by atoms with Gasteiger partial charge in [-0.2, -0.15) is 0 Å². The molecule has 0 fully saturated rings. The van der Waals surface area contributed by atoms with Crippen molar-refractivity contribution in [3.8, 4) is 0 Å². The average molecular weight is 300 g/mol. The van der Waals surface area contributed by atoms with Crippen molar-refractivity contribution in [3.63, 3.8) is 0 Å². The summed E-state index contributed by atoms with van der Waals surface area (Å²) in [5, 5.41) is 4.47. The van der Waals surface area contributed by atoms with Crippen molar-refractivity contribution in [3.05, 3.63) is 69.7 Å². The molecule has 0 spiro atoms. The molecule has 0 bridgehead atoms. The smallest absolute Gasteiger partial charge is 0.0406 e. The van der Waals surface area contributed by atoms with Crippen LogP contribution in [0.4, 0.5) is 0 Å². The topological polar surface area (TPSA) is 12.0 Å². The lowest BCUT2D eigenvalue weighted by Gasteiger charge is -2.21. The third-order valence-electron chi connectivity index (χ3n) is 4.49. The first-order chi connectivity index (χ1) is 10.1. The van der Waals surface area contributed by atoms with E-state index in [0.717, 1.165) is 5.02 Å². The predicted octanol–water partition coefficient (Wildman–Crippen LogP) is 5.24. The zero-order chi connectivity index (χ0) is 14.8. The summed E-state index contributed by atoms with van der Waals surface area (Å²) >= 11 is 5.95. The minimum Gasteiger partial charge on any atom is -0.304 e. The van der Waals surface area contributed by atoms with Crippen LogP contribution in [0.25, 0.3) is 0 Å². The van der Waals surface area contributed by atoms with Gasteiger partial charge < -0.3 is 5.32 Å². The Bertz CT molecular complexity index is 618. The van der Waals surface area contributed by atoms with E-state index in [0.29, 0.717) is 12.1 Å². The molecular formula is C19H22ClN. The fourth-order valence-electron chi connectivity index (χ4n) is 3.18. The first kappa shape index (κ1) is 14.6. The fraction of sp³-hybridized carbons (Fsp3) is 0.368. The van der Waals surface area contributed by atoms with Gasteiger partial charge in [0.2, 0.25) is 0 Å². The van der Waals surface area contributed by atoms with E-state index in [-0.39, 0.29) is 0 Å². The Balaban J connectivity index is 1.70. The van der Waals surface area contributed by atoms with Gasteiger partial charge in [0, 0.05) is 17.1 Å². The van der Waals surface area contributed by atoms with Crippen LogP contribution in [0.3, 0.4) is 0 Å². The Morgan fingerprint density at radius 3 is 2.24 bits per heavy atom. The number of hydrogen-bond acceptors (Lipinski definition) is 1. The molecule has 2 heteroatoms. The summed E-state index contributed by atoms with van der Waals surface area (Å²) in [7, 11) is 0. The Labute approximate surface area is 132 Å². The van der Waals surface area contributed by atoms with Crippen LogP contribution >= 0.6 is 11.6 Å². The van der Waals surface area contributed by atoms with Crippen molar-refractivity contribution >= 4 is 11.6 Å². The largest absolute Gasteiger partial charge is 0.304 e. The van der Waals surface area contributed by atoms with E-state index in [2.05, 4.69) is 49.5 Å². The standard InChI is InChI=1S/C19H22ClN/c1-13(15-8-10-19(20)11-9-15)21-14(2)17-7-6-16-4-3-5-18(16)12-17/h6-14,21H,3-5H2,1-2H3/t13-,14?/m1/s1. The minimum absolute atomic E-state index is 0.311. The van der Waals surface area contributed by atoms with Gasteiger partial charge in [-0.3, -0.25) is 0 Å². The number of halogens is 1. The van der Waals surface area contributed by atoms with Crippen molar-refractivity contribution in [2.75, 3.05) is 0 Å². The van der Waals surface area contributed by atoms with Gasteiger partial charge in [-0.1, -0.05) is 41.9 Å². The summed E-state index contributed by atoms with van der Waals surface area (Å²) in [6.45, 7) is 4.44. The van der Waals surface area contributed by atoms with Gasteiger partial charge in [-0.25, -0.2) is 0 Å². The van der Waals surface area contributed by atoms with E-state index in [9.17, 15) is 0 Å². The molecule has 1 unspecified atom stereocenters. The third-order valence-corrected chi connectivity index (χ3v) is 4.74. The van der Waals surface area contributed by atoms with Gasteiger partial charge in [-0.05, 0) is 67.5 Å². The molecule has 1 nitrogen and oxygen atoms in total. The van der Waals surface area contributed by atoms with Crippen LogP contribution in [0.15, 0.2) is 42.5 Å². The van der Waals surface area contributed by atoms with Gasteiger partial charge in [-0.15, -0.1) is 0 Å². The Morgan fingerprint density at radius 2 is 1.48 bits per heavy atom. The number of aryl methyl sites for hydroxylation is 2. The van der Waals surface area contributed by atoms with E-state index in [1.807, 2.05) is 12.1 Å². The summed E-state index contributed by atoms with van der Waals surface area (Å²) in [6, 6.07) is 15.7. The number of benzene rings is 2. The quantitative estimate of drug-likeness (QED) is 0.814. The lowest BCUT2D eigenvalue weighted by atomic mass is 10.0. The summed E-state index contributed by atoms with van der Waals surface area (Å²) in [4.78, 5) is 0. The van der Waals surface area contributed by atoms with E-state index in [4.69, 9.17) is 11.6 Å². The second-order valence-corrected chi connectivity index (χ2v) is 6.48. The summed E-state index contributed by atoms with van der Waals surface area (Å²) in [5.41, 5.74) is 5.74. The van der Waals surface area contributed by atoms with Gasteiger partial charge in [0.1, 0.15) is 0 Å². The first-order valence-electron chi connectivity index (χ1n) is 7.76. The Morgan fingerprint density at radius 1 is 0.857 bits per heavy atom. The second kappa shape index (κ2) is 6.21. The van der Waals surface area contributed by atoms with Gasteiger partial charge >= 0.3 is 0 Å². The molecule has 21 heavy (non-hydrogen) atoms.